The molecule has 0 atom stereocenters. The van der Waals surface area contributed by atoms with Gasteiger partial charge in [-0.2, -0.15) is 0 Å². The summed E-state index contributed by atoms with van der Waals surface area (Å²) in [6, 6.07) is 4.26. The molecule has 0 saturated carbocycles. The number of halogens is 2. The Morgan fingerprint density at radius 1 is 1.06 bits per heavy atom. The van der Waals surface area contributed by atoms with Crippen LogP contribution in [0.15, 0.2) is 35.3 Å². The van der Waals surface area contributed by atoms with Gasteiger partial charge < -0.3 is 10.7 Å². The third-order valence-electron chi connectivity index (χ3n) is 2.10. The molecule has 3 nitrogen and oxygen atoms in total. The van der Waals surface area contributed by atoms with Crippen molar-refractivity contribution in [3.63, 3.8) is 0 Å². The van der Waals surface area contributed by atoms with Gasteiger partial charge in [0.05, 0.1) is 0 Å². The largest absolute Gasteiger partial charge is 0.398 e. The van der Waals surface area contributed by atoms with Crippen LogP contribution in [-0.2, 0) is 0 Å². The van der Waals surface area contributed by atoms with Crippen LogP contribution >= 0.6 is 0 Å². The number of rotatable bonds is 1. The molecule has 2 rings (SSSR count). The number of H-pyrrole nitrogens is 1. The van der Waals surface area contributed by atoms with E-state index in [2.05, 4.69) is 4.98 Å². The number of aromatic nitrogens is 1. The summed E-state index contributed by atoms with van der Waals surface area (Å²) in [7, 11) is 0. The van der Waals surface area contributed by atoms with E-state index in [0.717, 1.165) is 18.2 Å². The molecule has 0 spiro atoms. The fourth-order valence-electron chi connectivity index (χ4n) is 1.42. The highest BCUT2D eigenvalue weighted by atomic mass is 19.1. The molecule has 16 heavy (non-hydrogen) atoms. The molecule has 82 valence electrons. The van der Waals surface area contributed by atoms with Crippen LogP contribution in [0.4, 0.5) is 14.5 Å². The first-order valence-corrected chi connectivity index (χ1v) is 4.51. The third kappa shape index (κ3) is 1.93. The van der Waals surface area contributed by atoms with E-state index >= 15 is 0 Å². The lowest BCUT2D eigenvalue weighted by Gasteiger charge is -2.02. The molecule has 0 aliphatic heterocycles. The van der Waals surface area contributed by atoms with Gasteiger partial charge in [0.1, 0.15) is 11.6 Å². The van der Waals surface area contributed by atoms with Crippen LogP contribution in [0.5, 0.6) is 0 Å². The molecule has 0 unspecified atom stereocenters. The van der Waals surface area contributed by atoms with E-state index in [1.54, 1.807) is 0 Å². The van der Waals surface area contributed by atoms with Crippen LogP contribution in [-0.4, -0.2) is 4.98 Å². The van der Waals surface area contributed by atoms with Crippen LogP contribution in [0.2, 0.25) is 0 Å². The normalized spacial score (nSPS) is 10.4. The Morgan fingerprint density at radius 2 is 1.69 bits per heavy atom. The first-order valence-electron chi connectivity index (χ1n) is 4.51. The maximum Gasteiger partial charge on any atom is 0.255 e. The van der Waals surface area contributed by atoms with E-state index < -0.39 is 17.2 Å². The fraction of sp³-hybridized carbons (Fsp3) is 0. The Bertz CT molecular complexity index is 573. The average molecular weight is 222 g/mol. The molecule has 0 saturated heterocycles. The van der Waals surface area contributed by atoms with E-state index in [1.165, 1.54) is 12.3 Å². The highest BCUT2D eigenvalue weighted by Crippen LogP contribution is 2.19. The van der Waals surface area contributed by atoms with E-state index in [0.29, 0.717) is 5.69 Å². The smallest absolute Gasteiger partial charge is 0.255 e. The molecule has 5 heteroatoms. The van der Waals surface area contributed by atoms with Crippen molar-refractivity contribution < 1.29 is 8.78 Å². The van der Waals surface area contributed by atoms with Crippen LogP contribution in [0, 0.1) is 11.6 Å². The Kier molecular flexibility index (Phi) is 2.44. The quantitative estimate of drug-likeness (QED) is 0.774. The molecular formula is C11H8F2N2O. The first kappa shape index (κ1) is 10.4. The minimum Gasteiger partial charge on any atom is -0.398 e. The van der Waals surface area contributed by atoms with Gasteiger partial charge in [-0.1, -0.05) is 0 Å². The Morgan fingerprint density at radius 3 is 2.31 bits per heavy atom. The lowest BCUT2D eigenvalue weighted by atomic mass is 10.1. The summed E-state index contributed by atoms with van der Waals surface area (Å²) in [6.07, 6.45) is 1.32. The van der Waals surface area contributed by atoms with Crippen molar-refractivity contribution in [3.8, 4) is 11.1 Å². The lowest BCUT2D eigenvalue weighted by Crippen LogP contribution is -2.09. The van der Waals surface area contributed by atoms with Gasteiger partial charge in [-0.05, 0) is 23.8 Å². The predicted octanol–water partition coefficient (Wildman–Crippen LogP) is 1.90. The average Bonchev–Trinajstić information content (AvgIpc) is 2.20. The number of hydrogen-bond donors (Lipinski definition) is 2. The van der Waals surface area contributed by atoms with Gasteiger partial charge in [-0.3, -0.25) is 4.79 Å². The zero-order valence-electron chi connectivity index (χ0n) is 8.13. The summed E-state index contributed by atoms with van der Waals surface area (Å²) in [6.45, 7) is 0. The first-order chi connectivity index (χ1) is 7.56. The van der Waals surface area contributed by atoms with Gasteiger partial charge >= 0.3 is 0 Å². The van der Waals surface area contributed by atoms with Crippen molar-refractivity contribution in [2.45, 2.75) is 0 Å². The fourth-order valence-corrected chi connectivity index (χ4v) is 1.42. The van der Waals surface area contributed by atoms with Crippen molar-refractivity contribution in [2.24, 2.45) is 0 Å². The second kappa shape index (κ2) is 3.77. The number of pyridine rings is 1. The second-order valence-corrected chi connectivity index (χ2v) is 3.33. The standard InChI is InChI=1S/C11H8F2N2O/c12-7-1-6(2-8(13)3-7)10-4-9(14)5-15-11(10)16/h1-5H,14H2,(H,15,16). The minimum atomic E-state index is -0.739. The third-order valence-corrected chi connectivity index (χ3v) is 2.10. The van der Waals surface area contributed by atoms with Gasteiger partial charge in [-0.25, -0.2) is 8.78 Å². The molecule has 0 radical (unpaired) electrons. The van der Waals surface area contributed by atoms with E-state index in [4.69, 9.17) is 5.73 Å². The van der Waals surface area contributed by atoms with Crippen LogP contribution in [0.25, 0.3) is 11.1 Å². The Hall–Kier alpha value is -2.17. The van der Waals surface area contributed by atoms with Gasteiger partial charge in [0.25, 0.3) is 5.56 Å². The molecule has 0 amide bonds. The van der Waals surface area contributed by atoms with Crippen molar-refractivity contribution in [1.82, 2.24) is 4.98 Å². The Balaban J connectivity index is 2.67. The van der Waals surface area contributed by atoms with E-state index in [1.807, 2.05) is 0 Å². The summed E-state index contributed by atoms with van der Waals surface area (Å²) in [5.74, 6) is -1.48. The van der Waals surface area contributed by atoms with E-state index in [9.17, 15) is 13.6 Å². The molecule has 0 fully saturated rings. The maximum atomic E-state index is 13.0. The highest BCUT2D eigenvalue weighted by Gasteiger charge is 2.07. The number of anilines is 1. The number of nitrogens with two attached hydrogens (primary N) is 1. The van der Waals surface area contributed by atoms with Gasteiger partial charge in [0.2, 0.25) is 0 Å². The molecule has 0 aliphatic carbocycles. The monoisotopic (exact) mass is 222 g/mol. The zero-order valence-corrected chi connectivity index (χ0v) is 8.13. The number of benzene rings is 1. The lowest BCUT2D eigenvalue weighted by molar-refractivity contribution is 0.584. The van der Waals surface area contributed by atoms with Crippen LogP contribution in [0.3, 0.4) is 0 Å². The second-order valence-electron chi connectivity index (χ2n) is 3.33. The molecule has 2 aromatic rings. The van der Waals surface area contributed by atoms with Crippen molar-refractivity contribution in [1.29, 1.82) is 0 Å². The van der Waals surface area contributed by atoms with Gasteiger partial charge in [0, 0.05) is 23.5 Å². The van der Waals surface area contributed by atoms with Crippen LogP contribution in [0.1, 0.15) is 0 Å². The Labute approximate surface area is 89.5 Å². The predicted molar refractivity (Wildman–Crippen MR) is 56.8 cm³/mol. The molecular weight excluding hydrogens is 214 g/mol. The van der Waals surface area contributed by atoms with Crippen molar-refractivity contribution in [2.75, 3.05) is 5.73 Å². The molecule has 3 N–H and O–H groups in total. The number of nitrogens with one attached hydrogen (secondary N) is 1. The highest BCUT2D eigenvalue weighted by molar-refractivity contribution is 5.65. The van der Waals surface area contributed by atoms with Crippen molar-refractivity contribution >= 4 is 5.69 Å². The molecule has 1 aromatic carbocycles. The van der Waals surface area contributed by atoms with Gasteiger partial charge in [-0.15, -0.1) is 0 Å². The molecule has 1 aromatic heterocycles. The number of nitrogen functional groups attached to an aromatic ring is 1. The van der Waals surface area contributed by atoms with Gasteiger partial charge in [0.15, 0.2) is 0 Å². The molecule has 0 bridgehead atoms. The SMILES string of the molecule is Nc1c[nH]c(=O)c(-c2cc(F)cc(F)c2)c1. The molecule has 1 heterocycles. The topological polar surface area (TPSA) is 58.9 Å². The van der Waals surface area contributed by atoms with Crippen LogP contribution < -0.4 is 11.3 Å². The number of aromatic amines is 1. The summed E-state index contributed by atoms with van der Waals surface area (Å²) >= 11 is 0. The summed E-state index contributed by atoms with van der Waals surface area (Å²) in [4.78, 5) is 13.8. The summed E-state index contributed by atoms with van der Waals surface area (Å²) in [5, 5.41) is 0. The number of hydrogen-bond acceptors (Lipinski definition) is 2. The summed E-state index contributed by atoms with van der Waals surface area (Å²) in [5.41, 5.74) is 5.65. The minimum absolute atomic E-state index is 0.137. The summed E-state index contributed by atoms with van der Waals surface area (Å²) < 4.78 is 25.9. The van der Waals surface area contributed by atoms with E-state index in [-0.39, 0.29) is 11.1 Å². The zero-order chi connectivity index (χ0) is 11.7. The maximum absolute atomic E-state index is 13.0. The van der Waals surface area contributed by atoms with Crippen molar-refractivity contribution in [3.05, 3.63) is 52.5 Å². The molecule has 0 aliphatic rings.